The van der Waals surface area contributed by atoms with Crippen molar-refractivity contribution in [3.63, 3.8) is 0 Å². The van der Waals surface area contributed by atoms with Gasteiger partial charge in [-0.3, -0.25) is 0 Å². The fourth-order valence-corrected chi connectivity index (χ4v) is 2.28. The van der Waals surface area contributed by atoms with Crippen LogP contribution >= 0.6 is 15.9 Å². The van der Waals surface area contributed by atoms with Gasteiger partial charge in [-0.05, 0) is 24.6 Å². The minimum absolute atomic E-state index is 0.582. The Labute approximate surface area is 99.6 Å². The Balaban J connectivity index is 2.03. The van der Waals surface area contributed by atoms with Gasteiger partial charge >= 0.3 is 0 Å². The number of hydrogen-bond acceptors (Lipinski definition) is 2. The van der Waals surface area contributed by atoms with Crippen molar-refractivity contribution in [2.75, 3.05) is 17.2 Å². The molecular weight excluding hydrogens is 252 g/mol. The summed E-state index contributed by atoms with van der Waals surface area (Å²) in [7, 11) is 0. The van der Waals surface area contributed by atoms with Gasteiger partial charge in [0.2, 0.25) is 0 Å². The molecule has 1 aliphatic heterocycles. The van der Waals surface area contributed by atoms with Gasteiger partial charge in [-0.1, -0.05) is 35.7 Å². The van der Waals surface area contributed by atoms with Crippen LogP contribution in [0.25, 0.3) is 0 Å². The molecule has 15 heavy (non-hydrogen) atoms. The van der Waals surface area contributed by atoms with Crippen LogP contribution in [0.3, 0.4) is 0 Å². The highest BCUT2D eigenvalue weighted by Crippen LogP contribution is 2.30. The van der Waals surface area contributed by atoms with Crippen molar-refractivity contribution >= 4 is 27.3 Å². The zero-order chi connectivity index (χ0) is 10.7. The maximum Gasteiger partial charge on any atom is 0.0588 e. The molecule has 0 amide bonds. The van der Waals surface area contributed by atoms with E-state index in [4.69, 9.17) is 0 Å². The molecule has 1 unspecified atom stereocenters. The Morgan fingerprint density at radius 1 is 1.40 bits per heavy atom. The summed E-state index contributed by atoms with van der Waals surface area (Å²) in [5, 5.41) is 7.05. The van der Waals surface area contributed by atoms with E-state index < -0.39 is 0 Å². The number of anilines is 2. The lowest BCUT2D eigenvalue weighted by atomic mass is 10.1. The van der Waals surface area contributed by atoms with E-state index in [2.05, 4.69) is 51.7 Å². The summed E-state index contributed by atoms with van der Waals surface area (Å²) in [6, 6.07) is 6.91. The third-order valence-electron chi connectivity index (χ3n) is 2.79. The lowest BCUT2D eigenvalue weighted by molar-refractivity contribution is 0.620. The number of nitrogens with one attached hydrogen (secondary N) is 2. The molecule has 0 bridgehead atoms. The Hall–Kier alpha value is -0.700. The van der Waals surface area contributed by atoms with Crippen molar-refractivity contribution in [1.29, 1.82) is 0 Å². The van der Waals surface area contributed by atoms with E-state index in [1.54, 1.807) is 0 Å². The van der Waals surface area contributed by atoms with Gasteiger partial charge in [-0.25, -0.2) is 0 Å². The lowest BCUT2D eigenvalue weighted by Gasteiger charge is -2.28. The lowest BCUT2D eigenvalue weighted by Crippen LogP contribution is -2.32. The molecule has 1 aromatic carbocycles. The molecule has 3 heteroatoms. The molecule has 0 aliphatic carbocycles. The second-order valence-electron chi connectivity index (χ2n) is 4.05. The van der Waals surface area contributed by atoms with Crippen molar-refractivity contribution in [1.82, 2.24) is 0 Å². The zero-order valence-electron chi connectivity index (χ0n) is 9.02. The third-order valence-corrected chi connectivity index (χ3v) is 3.28. The van der Waals surface area contributed by atoms with E-state index in [-0.39, 0.29) is 0 Å². The molecule has 1 aliphatic rings. The first-order valence-electron chi connectivity index (χ1n) is 5.59. The summed E-state index contributed by atoms with van der Waals surface area (Å²) in [5.74, 6) is 0. The van der Waals surface area contributed by atoms with Gasteiger partial charge in [-0.15, -0.1) is 0 Å². The first-order chi connectivity index (χ1) is 7.29. The number of rotatable bonds is 3. The van der Waals surface area contributed by atoms with E-state index in [0.717, 1.165) is 11.0 Å². The highest BCUT2D eigenvalue weighted by Gasteiger charge is 2.16. The van der Waals surface area contributed by atoms with Gasteiger partial charge in [-0.2, -0.15) is 0 Å². The highest BCUT2D eigenvalue weighted by molar-refractivity contribution is 9.10. The van der Waals surface area contributed by atoms with Gasteiger partial charge in [0.05, 0.1) is 11.4 Å². The second-order valence-corrected chi connectivity index (χ2v) is 4.97. The van der Waals surface area contributed by atoms with Crippen molar-refractivity contribution in [3.8, 4) is 0 Å². The van der Waals surface area contributed by atoms with Crippen LogP contribution in [0.5, 0.6) is 0 Å². The summed E-state index contributed by atoms with van der Waals surface area (Å²) < 4.78 is 1.13. The van der Waals surface area contributed by atoms with E-state index in [1.807, 2.05) is 0 Å². The molecule has 0 saturated carbocycles. The molecule has 1 aromatic rings. The van der Waals surface area contributed by atoms with Crippen LogP contribution in [0.1, 0.15) is 26.2 Å². The smallest absolute Gasteiger partial charge is 0.0588 e. The topological polar surface area (TPSA) is 24.1 Å². The Bertz CT molecular complexity index is 338. The number of benzene rings is 1. The van der Waals surface area contributed by atoms with Crippen molar-refractivity contribution in [2.45, 2.75) is 32.2 Å². The molecule has 2 rings (SSSR count). The van der Waals surface area contributed by atoms with Gasteiger partial charge < -0.3 is 10.6 Å². The average molecular weight is 269 g/mol. The Kier molecular flexibility index (Phi) is 3.52. The molecule has 0 saturated heterocycles. The van der Waals surface area contributed by atoms with Crippen molar-refractivity contribution in [3.05, 3.63) is 22.7 Å². The van der Waals surface area contributed by atoms with Crippen LogP contribution in [-0.2, 0) is 0 Å². The predicted molar refractivity (Wildman–Crippen MR) is 69.6 cm³/mol. The Morgan fingerprint density at radius 2 is 2.27 bits per heavy atom. The van der Waals surface area contributed by atoms with Gasteiger partial charge in [0.1, 0.15) is 0 Å². The molecule has 0 fully saturated rings. The largest absolute Gasteiger partial charge is 0.381 e. The first kappa shape index (κ1) is 10.8. The quantitative estimate of drug-likeness (QED) is 0.871. The number of halogens is 1. The second kappa shape index (κ2) is 4.88. The first-order valence-corrected chi connectivity index (χ1v) is 6.39. The standard InChI is InChI=1S/C12H17BrN2/c1-2-3-4-10-8-14-12-7-9(13)5-6-11(12)15-10/h5-7,10,14-15H,2-4,8H2,1H3. The van der Waals surface area contributed by atoms with E-state index in [1.165, 1.54) is 30.6 Å². The van der Waals surface area contributed by atoms with E-state index in [9.17, 15) is 0 Å². The molecule has 0 aromatic heterocycles. The summed E-state index contributed by atoms with van der Waals surface area (Å²) >= 11 is 3.48. The van der Waals surface area contributed by atoms with Crippen LogP contribution < -0.4 is 10.6 Å². The van der Waals surface area contributed by atoms with Crippen LogP contribution in [0.4, 0.5) is 11.4 Å². The van der Waals surface area contributed by atoms with Crippen LogP contribution in [-0.4, -0.2) is 12.6 Å². The highest BCUT2D eigenvalue weighted by atomic mass is 79.9. The van der Waals surface area contributed by atoms with Crippen molar-refractivity contribution in [2.24, 2.45) is 0 Å². The van der Waals surface area contributed by atoms with E-state index in [0.29, 0.717) is 6.04 Å². The van der Waals surface area contributed by atoms with Crippen LogP contribution in [0, 0.1) is 0 Å². The fraction of sp³-hybridized carbons (Fsp3) is 0.500. The molecule has 82 valence electrons. The average Bonchev–Trinajstić information content (AvgIpc) is 2.26. The van der Waals surface area contributed by atoms with Gasteiger partial charge in [0.25, 0.3) is 0 Å². The molecular formula is C12H17BrN2. The fourth-order valence-electron chi connectivity index (χ4n) is 1.92. The zero-order valence-corrected chi connectivity index (χ0v) is 10.6. The summed E-state index contributed by atoms with van der Waals surface area (Å²) in [6.45, 7) is 3.27. The summed E-state index contributed by atoms with van der Waals surface area (Å²) in [6.07, 6.45) is 3.82. The van der Waals surface area contributed by atoms with E-state index >= 15 is 0 Å². The summed E-state index contributed by atoms with van der Waals surface area (Å²) in [4.78, 5) is 0. The maximum atomic E-state index is 3.58. The third kappa shape index (κ3) is 2.65. The van der Waals surface area contributed by atoms with Gasteiger partial charge in [0, 0.05) is 17.1 Å². The predicted octanol–water partition coefficient (Wildman–Crippen LogP) is 3.85. The minimum Gasteiger partial charge on any atom is -0.381 e. The normalized spacial score (nSPS) is 18.9. The molecule has 2 nitrogen and oxygen atoms in total. The molecule has 1 heterocycles. The maximum absolute atomic E-state index is 3.58. The molecule has 0 radical (unpaired) electrons. The molecule has 2 N–H and O–H groups in total. The van der Waals surface area contributed by atoms with Crippen LogP contribution in [0.2, 0.25) is 0 Å². The van der Waals surface area contributed by atoms with Gasteiger partial charge in [0.15, 0.2) is 0 Å². The SMILES string of the molecule is CCCCC1CNc2cc(Br)ccc2N1. The number of fused-ring (bicyclic) bond motifs is 1. The van der Waals surface area contributed by atoms with Crippen LogP contribution in [0.15, 0.2) is 22.7 Å². The minimum atomic E-state index is 0.582. The monoisotopic (exact) mass is 268 g/mol. The Morgan fingerprint density at radius 3 is 3.07 bits per heavy atom. The number of hydrogen-bond donors (Lipinski definition) is 2. The molecule has 1 atom stereocenters. The van der Waals surface area contributed by atoms with Crippen molar-refractivity contribution < 1.29 is 0 Å². The molecule has 0 spiro atoms. The number of unbranched alkanes of at least 4 members (excludes halogenated alkanes) is 1. The summed E-state index contributed by atoms with van der Waals surface area (Å²) in [5.41, 5.74) is 2.43.